The van der Waals surface area contributed by atoms with E-state index in [0.717, 1.165) is 18.5 Å². The van der Waals surface area contributed by atoms with Gasteiger partial charge in [-0.3, -0.25) is 10.6 Å². The highest BCUT2D eigenvalue weighted by Gasteiger charge is 2.35. The summed E-state index contributed by atoms with van der Waals surface area (Å²) >= 11 is 0. The van der Waals surface area contributed by atoms with Gasteiger partial charge in [0.2, 0.25) is 0 Å². The average Bonchev–Trinajstić information content (AvgIpc) is 2.98. The summed E-state index contributed by atoms with van der Waals surface area (Å²) in [5.41, 5.74) is 10.6. The standard InChI is InChI=1S/C36H36N2/c1-4-29-16-8-11-19-33(29)34-20-12-13-21-35(34)36(37-3,38-26-28-14-6-5-7-15-28)31-24-22-27(2)32-18-10-9-17-30(32)23-25-31/h5-25,37-38H,4,26H2,1-3H3/b24-22?,25-23-,27-22+,30-23?,31-24+,31-25?,32-27?. The van der Waals surface area contributed by atoms with Gasteiger partial charge in [-0.15, -0.1) is 0 Å². The predicted octanol–water partition coefficient (Wildman–Crippen LogP) is 8.13. The Bertz CT molecular complexity index is 1490. The SMILES string of the molecule is CCc1ccccc1-c1ccccc1C(NC)(NCc1ccccc1)C1=C/C=C(\C)c2ccccc2/C=C\1. The van der Waals surface area contributed by atoms with Crippen LogP contribution in [-0.2, 0) is 18.6 Å². The van der Waals surface area contributed by atoms with E-state index < -0.39 is 5.66 Å². The molecule has 0 bridgehead atoms. The fourth-order valence-electron chi connectivity index (χ4n) is 5.48. The third-order valence-corrected chi connectivity index (χ3v) is 7.57. The van der Waals surface area contributed by atoms with Crippen LogP contribution >= 0.6 is 0 Å². The molecule has 1 aliphatic carbocycles. The molecule has 0 spiro atoms. The van der Waals surface area contributed by atoms with Crippen molar-refractivity contribution in [2.45, 2.75) is 32.5 Å². The second kappa shape index (κ2) is 11.6. The fourth-order valence-corrected chi connectivity index (χ4v) is 5.48. The highest BCUT2D eigenvalue weighted by Crippen LogP contribution is 2.38. The summed E-state index contributed by atoms with van der Waals surface area (Å²) < 4.78 is 0. The molecular formula is C36H36N2. The van der Waals surface area contributed by atoms with Gasteiger partial charge in [0.25, 0.3) is 0 Å². The van der Waals surface area contributed by atoms with Crippen LogP contribution in [-0.4, -0.2) is 7.05 Å². The first kappa shape index (κ1) is 25.7. The summed E-state index contributed by atoms with van der Waals surface area (Å²) in [6.45, 7) is 5.14. The highest BCUT2D eigenvalue weighted by molar-refractivity contribution is 5.78. The first-order valence-corrected chi connectivity index (χ1v) is 13.5. The van der Waals surface area contributed by atoms with Gasteiger partial charge in [0, 0.05) is 6.54 Å². The first-order valence-electron chi connectivity index (χ1n) is 13.5. The maximum atomic E-state index is 3.96. The molecule has 4 aromatic rings. The van der Waals surface area contributed by atoms with E-state index in [4.69, 9.17) is 0 Å². The van der Waals surface area contributed by atoms with E-state index in [1.54, 1.807) is 0 Å². The third-order valence-electron chi connectivity index (χ3n) is 7.57. The Morgan fingerprint density at radius 2 is 1.32 bits per heavy atom. The molecule has 0 heterocycles. The summed E-state index contributed by atoms with van der Waals surface area (Å²) in [6, 6.07) is 36.8. The van der Waals surface area contributed by atoms with Gasteiger partial charge in [0.1, 0.15) is 5.66 Å². The Labute approximate surface area is 227 Å². The smallest absolute Gasteiger partial charge is 0.122 e. The molecule has 0 radical (unpaired) electrons. The lowest BCUT2D eigenvalue weighted by Gasteiger charge is -2.39. The minimum Gasteiger partial charge on any atom is -0.295 e. The second-order valence-corrected chi connectivity index (χ2v) is 9.79. The number of hydrogen-bond acceptors (Lipinski definition) is 2. The van der Waals surface area contributed by atoms with Crippen molar-refractivity contribution in [1.29, 1.82) is 0 Å². The largest absolute Gasteiger partial charge is 0.295 e. The van der Waals surface area contributed by atoms with E-state index in [-0.39, 0.29) is 0 Å². The normalized spacial score (nSPS) is 18.1. The first-order chi connectivity index (χ1) is 18.7. The van der Waals surface area contributed by atoms with Crippen molar-refractivity contribution in [2.75, 3.05) is 7.05 Å². The van der Waals surface area contributed by atoms with Gasteiger partial charge < -0.3 is 0 Å². The van der Waals surface area contributed by atoms with Gasteiger partial charge >= 0.3 is 0 Å². The number of rotatable bonds is 8. The number of benzene rings is 4. The van der Waals surface area contributed by atoms with E-state index in [2.05, 4.69) is 159 Å². The quantitative estimate of drug-likeness (QED) is 0.241. The number of likely N-dealkylation sites (N-methyl/N-ethyl adjacent to an activating group) is 1. The van der Waals surface area contributed by atoms with Gasteiger partial charge in [-0.1, -0.05) is 134 Å². The van der Waals surface area contributed by atoms with Gasteiger partial charge in [-0.2, -0.15) is 0 Å². The van der Waals surface area contributed by atoms with Crippen molar-refractivity contribution in [2.24, 2.45) is 0 Å². The predicted molar refractivity (Wildman–Crippen MR) is 162 cm³/mol. The van der Waals surface area contributed by atoms with Crippen molar-refractivity contribution >= 4 is 11.6 Å². The van der Waals surface area contributed by atoms with Crippen LogP contribution in [0.2, 0.25) is 0 Å². The number of nitrogens with one attached hydrogen (secondary N) is 2. The Balaban J connectivity index is 1.71. The van der Waals surface area contributed by atoms with Crippen LogP contribution in [0.1, 0.15) is 41.7 Å². The molecule has 1 atom stereocenters. The topological polar surface area (TPSA) is 24.1 Å². The van der Waals surface area contributed by atoms with E-state index >= 15 is 0 Å². The number of fused-ring (bicyclic) bond motifs is 1. The molecule has 2 N–H and O–H groups in total. The lowest BCUT2D eigenvalue weighted by atomic mass is 9.82. The summed E-state index contributed by atoms with van der Waals surface area (Å²) in [7, 11) is 2.05. The molecule has 38 heavy (non-hydrogen) atoms. The molecule has 0 amide bonds. The molecule has 0 aromatic heterocycles. The van der Waals surface area contributed by atoms with Crippen molar-refractivity contribution in [1.82, 2.24) is 10.6 Å². The minimum absolute atomic E-state index is 0.632. The van der Waals surface area contributed by atoms with E-state index in [1.807, 2.05) is 0 Å². The summed E-state index contributed by atoms with van der Waals surface area (Å²) in [6.07, 6.45) is 10.0. The Hall–Kier alpha value is -3.98. The fraction of sp³-hybridized carbons (Fsp3) is 0.167. The molecule has 1 aliphatic rings. The Morgan fingerprint density at radius 3 is 2.08 bits per heavy atom. The zero-order chi connectivity index (χ0) is 26.4. The summed E-state index contributed by atoms with van der Waals surface area (Å²) in [4.78, 5) is 0. The maximum Gasteiger partial charge on any atom is 0.122 e. The molecule has 0 aliphatic heterocycles. The summed E-state index contributed by atoms with van der Waals surface area (Å²) in [5, 5.41) is 7.71. The van der Waals surface area contributed by atoms with Crippen LogP contribution < -0.4 is 10.6 Å². The molecule has 190 valence electrons. The maximum absolute atomic E-state index is 3.96. The molecule has 0 saturated heterocycles. The molecule has 0 saturated carbocycles. The van der Waals surface area contributed by atoms with Gasteiger partial charge in [0.15, 0.2) is 0 Å². The van der Waals surface area contributed by atoms with Crippen molar-refractivity contribution in [3.8, 4) is 11.1 Å². The van der Waals surface area contributed by atoms with Crippen LogP contribution in [0.3, 0.4) is 0 Å². The number of allylic oxidation sites excluding steroid dienone is 3. The second-order valence-electron chi connectivity index (χ2n) is 9.79. The number of aryl methyl sites for hydroxylation is 1. The van der Waals surface area contributed by atoms with Crippen molar-refractivity contribution < 1.29 is 0 Å². The minimum atomic E-state index is -0.632. The van der Waals surface area contributed by atoms with Crippen LogP contribution in [0, 0.1) is 0 Å². The molecule has 1 unspecified atom stereocenters. The average molecular weight is 497 g/mol. The highest BCUT2D eigenvalue weighted by atomic mass is 15.2. The lowest BCUT2D eigenvalue weighted by molar-refractivity contribution is 0.341. The van der Waals surface area contributed by atoms with Crippen LogP contribution in [0.25, 0.3) is 22.8 Å². The van der Waals surface area contributed by atoms with E-state index in [9.17, 15) is 0 Å². The van der Waals surface area contributed by atoms with Crippen LogP contribution in [0.15, 0.2) is 127 Å². The molecule has 4 aromatic carbocycles. The monoisotopic (exact) mass is 496 g/mol. The zero-order valence-corrected chi connectivity index (χ0v) is 22.5. The summed E-state index contributed by atoms with van der Waals surface area (Å²) in [5.74, 6) is 0. The van der Waals surface area contributed by atoms with Crippen LogP contribution in [0.5, 0.6) is 0 Å². The van der Waals surface area contributed by atoms with Crippen molar-refractivity contribution in [3.05, 3.63) is 155 Å². The Morgan fingerprint density at radius 1 is 0.658 bits per heavy atom. The number of hydrogen-bond donors (Lipinski definition) is 2. The van der Waals surface area contributed by atoms with Gasteiger partial charge in [0.05, 0.1) is 0 Å². The van der Waals surface area contributed by atoms with Crippen LogP contribution in [0.4, 0.5) is 0 Å². The molecule has 0 fully saturated rings. The van der Waals surface area contributed by atoms with Gasteiger partial charge in [-0.25, -0.2) is 0 Å². The Kier molecular flexibility index (Phi) is 7.83. The van der Waals surface area contributed by atoms with Gasteiger partial charge in [-0.05, 0) is 70.5 Å². The molecular weight excluding hydrogens is 460 g/mol. The van der Waals surface area contributed by atoms with Crippen molar-refractivity contribution in [3.63, 3.8) is 0 Å². The molecule has 5 rings (SSSR count). The lowest BCUT2D eigenvalue weighted by Crippen LogP contribution is -2.53. The van der Waals surface area contributed by atoms with E-state index in [1.165, 1.54) is 44.5 Å². The zero-order valence-electron chi connectivity index (χ0n) is 22.5. The third kappa shape index (κ3) is 5.06. The molecule has 2 nitrogen and oxygen atoms in total. The molecule has 2 heteroatoms. The van der Waals surface area contributed by atoms with E-state index in [0.29, 0.717) is 0 Å².